The average Bonchev–Trinajstić information content (AvgIpc) is 2.63. The molecule has 1 unspecified atom stereocenters. The van der Waals surface area contributed by atoms with E-state index in [-0.39, 0.29) is 5.91 Å². The Hall–Kier alpha value is -0.350. The van der Waals surface area contributed by atoms with E-state index in [1.54, 1.807) is 0 Å². The minimum atomic E-state index is 0.264. The van der Waals surface area contributed by atoms with Crippen LogP contribution in [0, 0.1) is 5.92 Å². The van der Waals surface area contributed by atoms with Gasteiger partial charge in [-0.15, -0.1) is 0 Å². The number of halogens is 2. The molecule has 0 radical (unpaired) electrons. The summed E-state index contributed by atoms with van der Waals surface area (Å²) in [6, 6.07) is 8.06. The Morgan fingerprint density at radius 3 is 2.75 bits per heavy atom. The van der Waals surface area contributed by atoms with Crippen molar-refractivity contribution < 1.29 is 4.79 Å². The van der Waals surface area contributed by atoms with Crippen LogP contribution in [0.1, 0.15) is 12.0 Å². The molecule has 16 heavy (non-hydrogen) atoms. The molecule has 86 valence electrons. The quantitative estimate of drug-likeness (QED) is 0.770. The zero-order valence-corrected chi connectivity index (χ0v) is 12.0. The molecular weight excluding hydrogens is 334 g/mol. The third-order valence-electron chi connectivity index (χ3n) is 2.83. The number of rotatable bonds is 3. The fourth-order valence-electron chi connectivity index (χ4n) is 1.94. The topological polar surface area (TPSA) is 20.3 Å². The van der Waals surface area contributed by atoms with Crippen LogP contribution < -0.4 is 0 Å². The van der Waals surface area contributed by atoms with E-state index >= 15 is 0 Å². The van der Waals surface area contributed by atoms with Crippen LogP contribution in [0.15, 0.2) is 28.7 Å². The van der Waals surface area contributed by atoms with E-state index in [1.165, 1.54) is 5.56 Å². The lowest BCUT2D eigenvalue weighted by Gasteiger charge is -2.17. The molecule has 2 rings (SSSR count). The maximum absolute atomic E-state index is 11.7. The molecule has 0 spiro atoms. The second kappa shape index (κ2) is 5.32. The van der Waals surface area contributed by atoms with Crippen molar-refractivity contribution in [3.05, 3.63) is 34.3 Å². The molecule has 0 aliphatic carbocycles. The molecule has 1 heterocycles. The monoisotopic (exact) mass is 345 g/mol. The number of nitrogens with zero attached hydrogens (tertiary/aromatic N) is 1. The van der Waals surface area contributed by atoms with E-state index in [1.807, 2.05) is 23.1 Å². The van der Waals surface area contributed by atoms with Crippen molar-refractivity contribution in [1.29, 1.82) is 0 Å². The molecule has 0 N–H and O–H groups in total. The lowest BCUT2D eigenvalue weighted by molar-refractivity contribution is -0.128. The number of carbonyl (C=O) groups excluding carboxylic acids is 1. The van der Waals surface area contributed by atoms with Gasteiger partial charge in [0.1, 0.15) is 0 Å². The van der Waals surface area contributed by atoms with Gasteiger partial charge in [0.15, 0.2) is 0 Å². The first kappa shape index (κ1) is 12.1. The van der Waals surface area contributed by atoms with E-state index in [9.17, 15) is 4.79 Å². The Morgan fingerprint density at radius 2 is 2.12 bits per heavy atom. The molecule has 1 aromatic rings. The van der Waals surface area contributed by atoms with E-state index in [0.29, 0.717) is 18.9 Å². The van der Waals surface area contributed by atoms with E-state index < -0.39 is 0 Å². The normalized spacial score (nSPS) is 20.5. The largest absolute Gasteiger partial charge is 0.338 e. The van der Waals surface area contributed by atoms with Crippen LogP contribution >= 0.6 is 31.9 Å². The Balaban J connectivity index is 2.06. The van der Waals surface area contributed by atoms with Gasteiger partial charge in [-0.3, -0.25) is 4.79 Å². The van der Waals surface area contributed by atoms with Crippen molar-refractivity contribution in [2.45, 2.75) is 13.0 Å². The fourth-order valence-corrected chi connectivity index (χ4v) is 2.79. The van der Waals surface area contributed by atoms with E-state index in [0.717, 1.165) is 16.3 Å². The van der Waals surface area contributed by atoms with Crippen molar-refractivity contribution in [3.8, 4) is 0 Å². The molecule has 4 heteroatoms. The summed E-state index contributed by atoms with van der Waals surface area (Å²) in [6.07, 6.45) is 0.676. The molecule has 1 aliphatic heterocycles. The molecular formula is C12H13Br2NO. The zero-order chi connectivity index (χ0) is 11.5. The third-order valence-corrected chi connectivity index (χ3v) is 4.52. The molecule has 0 aromatic heterocycles. The summed E-state index contributed by atoms with van der Waals surface area (Å²) in [5.74, 6) is 0.732. The number of hydrogen-bond donors (Lipinski definition) is 0. The molecule has 2 nitrogen and oxygen atoms in total. The lowest BCUT2D eigenvalue weighted by Crippen LogP contribution is -2.24. The number of likely N-dealkylation sites (tertiary alicyclic amines) is 1. The standard InChI is InChI=1S/C12H13Br2NO/c13-6-9-5-12(16)15(7-9)8-10-3-1-2-4-11(10)14/h1-4,9H,5-8H2. The molecule has 0 saturated carbocycles. The minimum Gasteiger partial charge on any atom is -0.338 e. The Bertz CT molecular complexity index is 394. The summed E-state index contributed by atoms with van der Waals surface area (Å²) in [5.41, 5.74) is 1.17. The number of benzene rings is 1. The van der Waals surface area contributed by atoms with E-state index in [2.05, 4.69) is 37.9 Å². The van der Waals surface area contributed by atoms with Gasteiger partial charge in [-0.05, 0) is 17.5 Å². The van der Waals surface area contributed by atoms with Crippen LogP contribution in [0.25, 0.3) is 0 Å². The molecule has 1 aliphatic rings. The van der Waals surface area contributed by atoms with Crippen LogP contribution in [0.4, 0.5) is 0 Å². The van der Waals surface area contributed by atoms with E-state index in [4.69, 9.17) is 0 Å². The van der Waals surface area contributed by atoms with Gasteiger partial charge in [-0.25, -0.2) is 0 Å². The van der Waals surface area contributed by atoms with Gasteiger partial charge >= 0.3 is 0 Å². The Morgan fingerprint density at radius 1 is 1.38 bits per heavy atom. The lowest BCUT2D eigenvalue weighted by atomic mass is 10.2. The highest BCUT2D eigenvalue weighted by molar-refractivity contribution is 9.10. The van der Waals surface area contributed by atoms with Gasteiger partial charge in [-0.1, -0.05) is 50.1 Å². The van der Waals surface area contributed by atoms with Crippen molar-refractivity contribution >= 4 is 37.8 Å². The molecule has 1 saturated heterocycles. The maximum atomic E-state index is 11.7. The Kier molecular flexibility index (Phi) is 4.03. The van der Waals surface area contributed by atoms with Gasteiger partial charge in [-0.2, -0.15) is 0 Å². The highest BCUT2D eigenvalue weighted by atomic mass is 79.9. The summed E-state index contributed by atoms with van der Waals surface area (Å²) >= 11 is 6.95. The molecule has 1 fully saturated rings. The summed E-state index contributed by atoms with van der Waals surface area (Å²) < 4.78 is 1.07. The highest BCUT2D eigenvalue weighted by Gasteiger charge is 2.28. The first-order valence-corrected chi connectivity index (χ1v) is 7.19. The zero-order valence-electron chi connectivity index (χ0n) is 8.83. The van der Waals surface area contributed by atoms with Crippen molar-refractivity contribution in [1.82, 2.24) is 4.90 Å². The third kappa shape index (κ3) is 2.66. The highest BCUT2D eigenvalue weighted by Crippen LogP contribution is 2.24. The van der Waals surface area contributed by atoms with Gasteiger partial charge in [0.05, 0.1) is 0 Å². The van der Waals surface area contributed by atoms with Crippen molar-refractivity contribution in [2.24, 2.45) is 5.92 Å². The molecule has 1 aromatic carbocycles. The first-order valence-electron chi connectivity index (χ1n) is 5.28. The summed E-state index contributed by atoms with van der Waals surface area (Å²) in [7, 11) is 0. The Labute approximate surface area is 112 Å². The average molecular weight is 347 g/mol. The maximum Gasteiger partial charge on any atom is 0.223 e. The second-order valence-corrected chi connectivity index (χ2v) is 5.59. The van der Waals surface area contributed by atoms with Crippen LogP contribution in [0.2, 0.25) is 0 Å². The predicted molar refractivity (Wildman–Crippen MR) is 71.5 cm³/mol. The number of carbonyl (C=O) groups is 1. The first-order chi connectivity index (χ1) is 7.70. The minimum absolute atomic E-state index is 0.264. The smallest absolute Gasteiger partial charge is 0.223 e. The molecule has 1 amide bonds. The second-order valence-electron chi connectivity index (χ2n) is 4.09. The molecule has 0 bridgehead atoms. The number of alkyl halides is 1. The van der Waals surface area contributed by atoms with Crippen molar-refractivity contribution in [3.63, 3.8) is 0 Å². The van der Waals surface area contributed by atoms with Gasteiger partial charge < -0.3 is 4.90 Å². The van der Waals surface area contributed by atoms with Gasteiger partial charge in [0.25, 0.3) is 0 Å². The van der Waals surface area contributed by atoms with Crippen LogP contribution in [0.5, 0.6) is 0 Å². The van der Waals surface area contributed by atoms with Crippen LogP contribution in [-0.4, -0.2) is 22.7 Å². The van der Waals surface area contributed by atoms with Gasteiger partial charge in [0, 0.05) is 29.3 Å². The SMILES string of the molecule is O=C1CC(CBr)CN1Cc1ccccc1Br. The summed E-state index contributed by atoms with van der Waals surface area (Å²) in [5, 5.41) is 0.908. The molecule has 1 atom stereocenters. The van der Waals surface area contributed by atoms with Crippen LogP contribution in [0.3, 0.4) is 0 Å². The van der Waals surface area contributed by atoms with Crippen molar-refractivity contribution in [2.75, 3.05) is 11.9 Å². The summed E-state index contributed by atoms with van der Waals surface area (Å²) in [6.45, 7) is 1.58. The van der Waals surface area contributed by atoms with Crippen LogP contribution in [-0.2, 0) is 11.3 Å². The number of hydrogen-bond acceptors (Lipinski definition) is 1. The number of amides is 1. The fraction of sp³-hybridized carbons (Fsp3) is 0.417. The predicted octanol–water partition coefficient (Wildman–Crippen LogP) is 3.19. The van der Waals surface area contributed by atoms with Gasteiger partial charge in [0.2, 0.25) is 5.91 Å². The summed E-state index contributed by atoms with van der Waals surface area (Å²) in [4.78, 5) is 13.7.